The first-order valence-corrected chi connectivity index (χ1v) is 17.5. The number of hydrogen-bond acceptors (Lipinski definition) is 5. The highest BCUT2D eigenvalue weighted by atomic mass is 32.1. The molecule has 0 aliphatic rings. The topological polar surface area (TPSA) is 41.9 Å². The summed E-state index contributed by atoms with van der Waals surface area (Å²) in [4.78, 5) is 18.0. The van der Waals surface area contributed by atoms with Crippen LogP contribution in [0.2, 0.25) is 0 Å². The maximum absolute atomic E-state index is 5.31. The summed E-state index contributed by atoms with van der Waals surface area (Å²) >= 11 is 1.83. The Morgan fingerprint density at radius 1 is 0.380 bits per heavy atom. The molecule has 0 saturated heterocycles. The number of fused-ring (bicyclic) bond motifs is 8. The van der Waals surface area contributed by atoms with Crippen LogP contribution in [0.25, 0.3) is 75.5 Å². The first kappa shape index (κ1) is 28.6. The molecule has 0 N–H and O–H groups in total. The summed E-state index contributed by atoms with van der Waals surface area (Å²) in [6.07, 6.45) is 0. The van der Waals surface area contributed by atoms with E-state index >= 15 is 0 Å². The smallest absolute Gasteiger partial charge is 0.179 e. The number of anilines is 3. The van der Waals surface area contributed by atoms with E-state index in [1.165, 1.54) is 25.6 Å². The summed E-state index contributed by atoms with van der Waals surface area (Å²) in [6, 6.07) is 59.4. The lowest BCUT2D eigenvalue weighted by molar-refractivity contribution is 1.20. The summed E-state index contributed by atoms with van der Waals surface area (Å²) < 4.78 is 2.55. The van der Waals surface area contributed by atoms with Crippen LogP contribution in [0.15, 0.2) is 170 Å². The lowest BCUT2D eigenvalue weighted by Gasteiger charge is -2.25. The van der Waals surface area contributed by atoms with E-state index in [-0.39, 0.29) is 0 Å². The Morgan fingerprint density at radius 2 is 0.980 bits per heavy atom. The van der Waals surface area contributed by atoms with Gasteiger partial charge in [-0.15, -0.1) is 11.3 Å². The quantitative estimate of drug-likeness (QED) is 0.173. The molecule has 0 bridgehead atoms. The summed E-state index contributed by atoms with van der Waals surface area (Å²) in [6.45, 7) is 0. The van der Waals surface area contributed by atoms with Gasteiger partial charge in [0.25, 0.3) is 0 Å². The van der Waals surface area contributed by atoms with Crippen molar-refractivity contribution in [2.75, 3.05) is 4.90 Å². The largest absolute Gasteiger partial charge is 0.311 e. The van der Waals surface area contributed by atoms with Crippen molar-refractivity contribution in [3.05, 3.63) is 170 Å². The molecule has 5 heteroatoms. The highest BCUT2D eigenvalue weighted by molar-refractivity contribution is 7.26. The molecule has 0 unspecified atom stereocenters. The van der Waals surface area contributed by atoms with Crippen LogP contribution in [0.4, 0.5) is 17.1 Å². The molecule has 7 aromatic carbocycles. The maximum atomic E-state index is 5.31. The molecule has 50 heavy (non-hydrogen) atoms. The second-order valence-electron chi connectivity index (χ2n) is 12.4. The normalized spacial score (nSPS) is 11.6. The molecule has 0 saturated carbocycles. The van der Waals surface area contributed by atoms with E-state index < -0.39 is 0 Å². The molecule has 10 aromatic rings. The Morgan fingerprint density at radius 3 is 1.72 bits per heavy atom. The highest BCUT2D eigenvalue weighted by Crippen LogP contribution is 2.43. The van der Waals surface area contributed by atoms with Crippen LogP contribution in [-0.2, 0) is 0 Å². The van der Waals surface area contributed by atoms with Gasteiger partial charge in [0.15, 0.2) is 5.82 Å². The fourth-order valence-corrected chi connectivity index (χ4v) is 8.42. The van der Waals surface area contributed by atoms with Gasteiger partial charge in [-0.1, -0.05) is 115 Å². The van der Waals surface area contributed by atoms with Crippen molar-refractivity contribution in [2.24, 2.45) is 0 Å². The van der Waals surface area contributed by atoms with Crippen LogP contribution < -0.4 is 4.90 Å². The highest BCUT2D eigenvalue weighted by Gasteiger charge is 2.19. The van der Waals surface area contributed by atoms with Gasteiger partial charge < -0.3 is 4.90 Å². The molecule has 234 valence electrons. The van der Waals surface area contributed by atoms with Gasteiger partial charge in [-0.2, -0.15) is 0 Å². The van der Waals surface area contributed by atoms with Crippen LogP contribution in [-0.4, -0.2) is 15.0 Å². The van der Waals surface area contributed by atoms with Crippen molar-refractivity contribution >= 4 is 81.1 Å². The van der Waals surface area contributed by atoms with Gasteiger partial charge in [-0.05, 0) is 60.0 Å². The molecule has 0 aliphatic heterocycles. The molecule has 10 rings (SSSR count). The van der Waals surface area contributed by atoms with Crippen molar-refractivity contribution in [1.29, 1.82) is 0 Å². The number of benzene rings is 7. The van der Waals surface area contributed by atoms with Crippen LogP contribution >= 0.6 is 11.3 Å². The summed E-state index contributed by atoms with van der Waals surface area (Å²) in [5, 5.41) is 6.94. The number of nitrogens with zero attached hydrogens (tertiary/aromatic N) is 4. The van der Waals surface area contributed by atoms with E-state index in [2.05, 4.69) is 157 Å². The molecule has 0 fully saturated rings. The minimum absolute atomic E-state index is 0.618. The van der Waals surface area contributed by atoms with Gasteiger partial charge in [0.2, 0.25) is 0 Å². The van der Waals surface area contributed by atoms with E-state index in [0.29, 0.717) is 5.82 Å². The number of aromatic nitrogens is 3. The Labute approximate surface area is 292 Å². The van der Waals surface area contributed by atoms with Gasteiger partial charge in [0.05, 0.1) is 16.7 Å². The zero-order valence-electron chi connectivity index (χ0n) is 26.9. The zero-order valence-corrected chi connectivity index (χ0v) is 27.7. The molecule has 0 spiro atoms. The summed E-state index contributed by atoms with van der Waals surface area (Å²) in [5.74, 6) is 0.618. The van der Waals surface area contributed by atoms with Gasteiger partial charge in [0, 0.05) is 59.0 Å². The fourth-order valence-electron chi connectivity index (χ4n) is 7.16. The second-order valence-corrected chi connectivity index (χ2v) is 13.5. The molecule has 4 nitrogen and oxygen atoms in total. The minimum atomic E-state index is 0.618. The standard InChI is InChI=1S/C45H28N4S/c1-3-13-30(14-4-1)49(31-15-5-2-6-16-31)32-25-23-29(24-26-32)42-37-20-9-11-21-38(37)47-45(48-42)43-35-19-8-7-18-34(35)41-39(46-43)28-27-36-33-17-10-12-22-40(33)50-44(36)41/h1-28H. The zero-order chi connectivity index (χ0) is 33.0. The molecule has 0 amide bonds. The van der Waals surface area contributed by atoms with Crippen molar-refractivity contribution < 1.29 is 0 Å². The number of rotatable bonds is 5. The molecular weight excluding hydrogens is 629 g/mol. The first-order valence-electron chi connectivity index (χ1n) is 16.7. The lowest BCUT2D eigenvalue weighted by Crippen LogP contribution is -2.09. The lowest BCUT2D eigenvalue weighted by atomic mass is 10.0. The molecule has 0 aliphatic carbocycles. The molecule has 3 aromatic heterocycles. The van der Waals surface area contributed by atoms with Gasteiger partial charge in [0.1, 0.15) is 5.69 Å². The molecule has 3 heterocycles. The minimum Gasteiger partial charge on any atom is -0.311 e. The van der Waals surface area contributed by atoms with Crippen molar-refractivity contribution in [1.82, 2.24) is 15.0 Å². The van der Waals surface area contributed by atoms with E-state index in [1.807, 2.05) is 29.5 Å². The van der Waals surface area contributed by atoms with E-state index in [9.17, 15) is 0 Å². The van der Waals surface area contributed by atoms with Crippen molar-refractivity contribution in [3.8, 4) is 22.8 Å². The first-order chi connectivity index (χ1) is 24.8. The average molecular weight is 657 g/mol. The number of thiophene rings is 1. The predicted octanol–water partition coefficient (Wildman–Crippen LogP) is 12.5. The van der Waals surface area contributed by atoms with Gasteiger partial charge >= 0.3 is 0 Å². The Kier molecular flexibility index (Phi) is 6.64. The SMILES string of the molecule is c1ccc(N(c2ccccc2)c2ccc(-c3nc(-c4nc5ccc6c7ccccc7sc6c5c5ccccc45)nc4ccccc34)cc2)cc1. The molecule has 0 radical (unpaired) electrons. The van der Waals surface area contributed by atoms with Crippen LogP contribution in [0.5, 0.6) is 0 Å². The number of pyridine rings is 1. The summed E-state index contributed by atoms with van der Waals surface area (Å²) in [5.41, 5.74) is 7.80. The average Bonchev–Trinajstić information content (AvgIpc) is 3.57. The fraction of sp³-hybridized carbons (Fsp3) is 0. The Balaban J connectivity index is 1.15. The third-order valence-corrected chi connectivity index (χ3v) is 10.7. The van der Waals surface area contributed by atoms with E-state index in [4.69, 9.17) is 15.0 Å². The number of hydrogen-bond donors (Lipinski definition) is 0. The Hall–Kier alpha value is -6.43. The van der Waals surface area contributed by atoms with Crippen LogP contribution in [0, 0.1) is 0 Å². The Bertz CT molecular complexity index is 2830. The molecular formula is C45H28N4S. The third-order valence-electron chi connectivity index (χ3n) is 9.45. The van der Waals surface area contributed by atoms with Crippen LogP contribution in [0.1, 0.15) is 0 Å². The van der Waals surface area contributed by atoms with Crippen molar-refractivity contribution in [3.63, 3.8) is 0 Å². The number of para-hydroxylation sites is 3. The second kappa shape index (κ2) is 11.6. The predicted molar refractivity (Wildman–Crippen MR) is 211 cm³/mol. The van der Waals surface area contributed by atoms with Gasteiger partial charge in [-0.3, -0.25) is 0 Å². The van der Waals surface area contributed by atoms with E-state index in [1.54, 1.807) is 0 Å². The maximum Gasteiger partial charge on any atom is 0.179 e. The monoisotopic (exact) mass is 656 g/mol. The van der Waals surface area contributed by atoms with Gasteiger partial charge in [-0.25, -0.2) is 15.0 Å². The van der Waals surface area contributed by atoms with Crippen molar-refractivity contribution in [2.45, 2.75) is 0 Å². The van der Waals surface area contributed by atoms with Crippen LogP contribution in [0.3, 0.4) is 0 Å². The summed E-state index contributed by atoms with van der Waals surface area (Å²) in [7, 11) is 0. The molecule has 0 atom stereocenters. The third kappa shape index (κ3) is 4.63. The van der Waals surface area contributed by atoms with E-state index in [0.717, 1.165) is 61.2 Å².